The maximum Gasteiger partial charge on any atom is 0.450 e. The number of halogens is 3. The second-order valence-corrected chi connectivity index (χ2v) is 5.92. The first-order valence-electron chi connectivity index (χ1n) is 6.54. The lowest BCUT2D eigenvalue weighted by Crippen LogP contribution is -2.40. The lowest BCUT2D eigenvalue weighted by molar-refractivity contribution is -0.231. The van der Waals surface area contributed by atoms with Gasteiger partial charge in [0.25, 0.3) is 0 Å². The Kier molecular flexibility index (Phi) is 4.10. The number of fused-ring (bicyclic) bond motifs is 1. The van der Waals surface area contributed by atoms with E-state index in [9.17, 15) is 22.8 Å². The standard InChI is InChI=1S/C13H14F3N3O4/c1-12(2,3)23-18-4-7(6-20)19-8(5-18)9(10(21)22)17-11(19)13(14,15)16/h4-5H2,1-3H3,(H,21,22). The molecule has 23 heavy (non-hydrogen) atoms. The first-order chi connectivity index (χ1) is 10.4. The van der Waals surface area contributed by atoms with E-state index in [0.717, 1.165) is 0 Å². The molecule has 1 aromatic heterocycles. The Labute approximate surface area is 128 Å². The quantitative estimate of drug-likeness (QED) is 0.831. The molecule has 0 atom stereocenters. The lowest BCUT2D eigenvalue weighted by atomic mass is 10.2. The zero-order valence-corrected chi connectivity index (χ0v) is 12.6. The highest BCUT2D eigenvalue weighted by atomic mass is 19.4. The van der Waals surface area contributed by atoms with Crippen molar-refractivity contribution in [2.24, 2.45) is 0 Å². The van der Waals surface area contributed by atoms with Crippen molar-refractivity contribution < 1.29 is 32.7 Å². The van der Waals surface area contributed by atoms with Crippen molar-refractivity contribution in [2.45, 2.75) is 39.1 Å². The molecule has 2 heterocycles. The molecular weight excluding hydrogens is 319 g/mol. The van der Waals surface area contributed by atoms with E-state index in [1.54, 1.807) is 20.8 Å². The monoisotopic (exact) mass is 333 g/mol. The molecule has 0 aliphatic carbocycles. The van der Waals surface area contributed by atoms with Crippen LogP contribution in [0.2, 0.25) is 0 Å². The number of aromatic carboxylic acids is 1. The Morgan fingerprint density at radius 1 is 1.30 bits per heavy atom. The summed E-state index contributed by atoms with van der Waals surface area (Å²) in [5.41, 5.74) is -2.14. The molecule has 1 aliphatic rings. The first-order valence-corrected chi connectivity index (χ1v) is 6.54. The van der Waals surface area contributed by atoms with Gasteiger partial charge < -0.3 is 5.11 Å². The average Bonchev–Trinajstić information content (AvgIpc) is 2.75. The number of carboxylic acid groups (broad SMARTS) is 1. The van der Waals surface area contributed by atoms with Crippen LogP contribution in [0.15, 0.2) is 0 Å². The zero-order chi connectivity index (χ0) is 17.6. The summed E-state index contributed by atoms with van der Waals surface area (Å²) < 4.78 is 39.7. The Morgan fingerprint density at radius 2 is 1.91 bits per heavy atom. The van der Waals surface area contributed by atoms with Crippen LogP contribution in [0.25, 0.3) is 5.70 Å². The Morgan fingerprint density at radius 3 is 2.35 bits per heavy atom. The topological polar surface area (TPSA) is 84.7 Å². The number of aromatic nitrogens is 2. The maximum absolute atomic E-state index is 13.1. The Balaban J connectivity index is 2.60. The fraction of sp³-hybridized carbons (Fsp3) is 0.538. The number of nitrogens with zero attached hydrogens (tertiary/aromatic N) is 3. The van der Waals surface area contributed by atoms with Crippen molar-refractivity contribution in [1.29, 1.82) is 0 Å². The molecular formula is C13H14F3N3O4. The molecule has 10 heteroatoms. The molecule has 0 fully saturated rings. The molecule has 0 amide bonds. The third-order valence-electron chi connectivity index (χ3n) is 2.87. The molecule has 0 bridgehead atoms. The second kappa shape index (κ2) is 5.48. The van der Waals surface area contributed by atoms with Crippen LogP contribution in [0.4, 0.5) is 13.2 Å². The largest absolute Gasteiger partial charge is 0.476 e. The summed E-state index contributed by atoms with van der Waals surface area (Å²) in [4.78, 5) is 30.9. The highest BCUT2D eigenvalue weighted by Gasteiger charge is 2.43. The van der Waals surface area contributed by atoms with Gasteiger partial charge >= 0.3 is 12.1 Å². The summed E-state index contributed by atoms with van der Waals surface area (Å²) in [6.45, 7) is 4.60. The predicted molar refractivity (Wildman–Crippen MR) is 70.8 cm³/mol. The van der Waals surface area contributed by atoms with Crippen molar-refractivity contribution in [3.8, 4) is 0 Å². The van der Waals surface area contributed by atoms with E-state index in [0.29, 0.717) is 4.57 Å². The molecule has 2 rings (SSSR count). The Bertz CT molecular complexity index is 697. The highest BCUT2D eigenvalue weighted by Crippen LogP contribution is 2.35. The number of hydrogen-bond donors (Lipinski definition) is 1. The number of carbonyl (C=O) groups excluding carboxylic acids is 1. The van der Waals surface area contributed by atoms with E-state index in [2.05, 4.69) is 4.98 Å². The molecule has 1 N–H and O–H groups in total. The van der Waals surface area contributed by atoms with Crippen LogP contribution >= 0.6 is 0 Å². The van der Waals surface area contributed by atoms with Gasteiger partial charge in [0.1, 0.15) is 11.6 Å². The van der Waals surface area contributed by atoms with Gasteiger partial charge in [-0.05, 0) is 20.8 Å². The van der Waals surface area contributed by atoms with Crippen molar-refractivity contribution in [3.05, 3.63) is 17.2 Å². The zero-order valence-electron chi connectivity index (χ0n) is 12.6. The van der Waals surface area contributed by atoms with Gasteiger partial charge in [-0.3, -0.25) is 9.40 Å². The summed E-state index contributed by atoms with van der Waals surface area (Å²) >= 11 is 0. The fourth-order valence-electron chi connectivity index (χ4n) is 2.24. The average molecular weight is 333 g/mol. The second-order valence-electron chi connectivity index (χ2n) is 5.92. The molecule has 7 nitrogen and oxygen atoms in total. The lowest BCUT2D eigenvalue weighted by Gasteiger charge is -2.33. The van der Waals surface area contributed by atoms with Crippen LogP contribution in [-0.4, -0.2) is 43.8 Å². The molecule has 0 aromatic carbocycles. The van der Waals surface area contributed by atoms with E-state index < -0.39 is 35.0 Å². The third kappa shape index (κ3) is 3.44. The number of alkyl halides is 3. The van der Waals surface area contributed by atoms with Crippen LogP contribution in [0.5, 0.6) is 0 Å². The SMILES string of the molecule is CC(C)(C)ON1CC(=C=O)n2c(C(F)(F)F)nc(C(=O)O)c2C1. The third-order valence-corrected chi connectivity index (χ3v) is 2.87. The minimum atomic E-state index is -4.91. The molecule has 1 aliphatic heterocycles. The van der Waals surface area contributed by atoms with Gasteiger partial charge in [-0.15, -0.1) is 0 Å². The molecule has 0 radical (unpaired) electrons. The van der Waals surface area contributed by atoms with E-state index in [-0.39, 0.29) is 18.8 Å². The molecule has 1 aromatic rings. The number of hydrogen-bond acceptors (Lipinski definition) is 5. The number of hydroxylamine groups is 2. The number of carboxylic acids is 1. The molecule has 0 saturated heterocycles. The van der Waals surface area contributed by atoms with Crippen LogP contribution in [-0.2, 0) is 22.4 Å². The van der Waals surface area contributed by atoms with Gasteiger partial charge in [0.05, 0.1) is 24.4 Å². The first kappa shape index (κ1) is 17.2. The summed E-state index contributed by atoms with van der Waals surface area (Å²) in [6.07, 6.45) is -4.91. The van der Waals surface area contributed by atoms with E-state index in [1.807, 2.05) is 0 Å². The Hall–Kier alpha value is -2.16. The summed E-state index contributed by atoms with van der Waals surface area (Å²) in [7, 11) is 0. The van der Waals surface area contributed by atoms with Crippen molar-refractivity contribution >= 4 is 17.6 Å². The van der Waals surface area contributed by atoms with Gasteiger partial charge in [-0.1, -0.05) is 0 Å². The normalized spacial score (nSPS) is 16.2. The van der Waals surface area contributed by atoms with Crippen molar-refractivity contribution in [3.63, 3.8) is 0 Å². The minimum absolute atomic E-state index is 0.257. The van der Waals surface area contributed by atoms with Crippen LogP contribution < -0.4 is 0 Å². The predicted octanol–water partition coefficient (Wildman–Crippen LogP) is 1.82. The van der Waals surface area contributed by atoms with Gasteiger partial charge in [0, 0.05) is 0 Å². The van der Waals surface area contributed by atoms with Gasteiger partial charge in [0.2, 0.25) is 5.82 Å². The minimum Gasteiger partial charge on any atom is -0.476 e. The number of carbonyl (C=O) groups is 1. The molecule has 0 spiro atoms. The van der Waals surface area contributed by atoms with Crippen LogP contribution in [0, 0.1) is 0 Å². The summed E-state index contributed by atoms with van der Waals surface area (Å²) in [5, 5.41) is 10.3. The van der Waals surface area contributed by atoms with Crippen LogP contribution in [0.3, 0.4) is 0 Å². The van der Waals surface area contributed by atoms with Gasteiger partial charge in [0.15, 0.2) is 5.69 Å². The highest BCUT2D eigenvalue weighted by molar-refractivity contribution is 5.89. The van der Waals surface area contributed by atoms with E-state index in [1.165, 1.54) is 11.0 Å². The summed E-state index contributed by atoms with van der Waals surface area (Å²) in [5.74, 6) is -1.66. The number of imidazole rings is 1. The fourth-order valence-corrected chi connectivity index (χ4v) is 2.24. The van der Waals surface area contributed by atoms with Gasteiger partial charge in [-0.2, -0.15) is 18.2 Å². The van der Waals surface area contributed by atoms with Crippen LogP contribution in [0.1, 0.15) is 42.8 Å². The molecule has 0 saturated carbocycles. The molecule has 126 valence electrons. The van der Waals surface area contributed by atoms with Crippen molar-refractivity contribution in [2.75, 3.05) is 6.54 Å². The van der Waals surface area contributed by atoms with Gasteiger partial charge in [-0.25, -0.2) is 14.6 Å². The summed E-state index contributed by atoms with van der Waals surface area (Å²) in [6, 6.07) is 0. The smallest absolute Gasteiger partial charge is 0.450 e. The number of rotatable bonds is 2. The maximum atomic E-state index is 13.1. The van der Waals surface area contributed by atoms with E-state index in [4.69, 9.17) is 9.94 Å². The van der Waals surface area contributed by atoms with E-state index >= 15 is 0 Å². The van der Waals surface area contributed by atoms with Crippen molar-refractivity contribution in [1.82, 2.24) is 14.6 Å². The molecule has 0 unspecified atom stereocenters.